The molecule has 1 N–H and O–H groups in total. The lowest BCUT2D eigenvalue weighted by atomic mass is 9.96. The fraction of sp³-hybridized carbons (Fsp3) is 0.0435. The minimum Gasteiger partial charge on any atom is -0.346 e. The van der Waals surface area contributed by atoms with Crippen molar-refractivity contribution in [1.82, 2.24) is 9.97 Å². The van der Waals surface area contributed by atoms with Gasteiger partial charge in [-0.25, -0.2) is 4.98 Å². The summed E-state index contributed by atoms with van der Waals surface area (Å²) in [5.41, 5.74) is 6.07. The molecule has 0 aliphatic carbocycles. The predicted molar refractivity (Wildman–Crippen MR) is 108 cm³/mol. The van der Waals surface area contributed by atoms with Crippen LogP contribution in [-0.2, 0) is 11.2 Å². The molecule has 0 fully saturated rings. The Labute approximate surface area is 156 Å². The van der Waals surface area contributed by atoms with Gasteiger partial charge in [-0.15, -0.1) is 0 Å². The molecule has 1 aliphatic heterocycles. The van der Waals surface area contributed by atoms with E-state index >= 15 is 0 Å². The van der Waals surface area contributed by atoms with Crippen molar-refractivity contribution in [3.05, 3.63) is 90.4 Å². The second kappa shape index (κ2) is 6.25. The highest BCUT2D eigenvalue weighted by atomic mass is 16.2. The van der Waals surface area contributed by atoms with E-state index in [0.717, 1.165) is 39.0 Å². The Balaban J connectivity index is 1.55. The van der Waals surface area contributed by atoms with Gasteiger partial charge in [0, 0.05) is 29.7 Å². The molecule has 4 nitrogen and oxygen atoms in total. The van der Waals surface area contributed by atoms with E-state index in [1.807, 2.05) is 67.1 Å². The largest absolute Gasteiger partial charge is 0.346 e. The maximum absolute atomic E-state index is 12.9. The Hall–Kier alpha value is -3.66. The van der Waals surface area contributed by atoms with Gasteiger partial charge in [0.2, 0.25) is 5.91 Å². The van der Waals surface area contributed by atoms with Gasteiger partial charge in [-0.1, -0.05) is 36.4 Å². The maximum atomic E-state index is 12.9. The number of hydrogen-bond donors (Lipinski definition) is 1. The number of nitrogens with one attached hydrogen (secondary N) is 1. The SMILES string of the molecule is O=C1Cc2cc(-c3ccnc4[nH]ccc34)ccc2C=CN1c1ccccc1. The Morgan fingerprint density at radius 2 is 1.89 bits per heavy atom. The van der Waals surface area contributed by atoms with Crippen LogP contribution < -0.4 is 4.90 Å². The minimum absolute atomic E-state index is 0.0647. The van der Waals surface area contributed by atoms with Gasteiger partial charge in [-0.3, -0.25) is 9.69 Å². The van der Waals surface area contributed by atoms with Crippen LogP contribution in [0.1, 0.15) is 11.1 Å². The van der Waals surface area contributed by atoms with Crippen molar-refractivity contribution in [2.75, 3.05) is 4.90 Å². The predicted octanol–water partition coefficient (Wildman–Crippen LogP) is 4.79. The average molecular weight is 351 g/mol. The number of para-hydroxylation sites is 1. The molecule has 0 saturated carbocycles. The Morgan fingerprint density at radius 1 is 1.00 bits per heavy atom. The van der Waals surface area contributed by atoms with Crippen LogP contribution in [0.15, 0.2) is 79.3 Å². The molecule has 5 rings (SSSR count). The van der Waals surface area contributed by atoms with E-state index in [1.165, 1.54) is 0 Å². The van der Waals surface area contributed by atoms with Crippen LogP contribution in [0.4, 0.5) is 5.69 Å². The fourth-order valence-electron chi connectivity index (χ4n) is 3.61. The molecule has 0 unspecified atom stereocenters. The van der Waals surface area contributed by atoms with Crippen LogP contribution in [0, 0.1) is 0 Å². The number of aromatic amines is 1. The van der Waals surface area contributed by atoms with Crippen molar-refractivity contribution in [1.29, 1.82) is 0 Å². The second-order valence-corrected chi connectivity index (χ2v) is 6.60. The normalized spacial score (nSPS) is 13.6. The molecule has 3 heterocycles. The number of anilines is 1. The number of nitrogens with zero attached hydrogens (tertiary/aromatic N) is 2. The van der Waals surface area contributed by atoms with Gasteiger partial charge in [0.25, 0.3) is 0 Å². The standard InChI is InChI=1S/C23H17N3O/c27-22-15-18-14-17(20-8-11-24-23-21(20)9-12-25-23)7-6-16(18)10-13-26(22)19-4-2-1-3-5-19/h1-14H,15H2,(H,24,25). The highest BCUT2D eigenvalue weighted by molar-refractivity contribution is 5.99. The smallest absolute Gasteiger partial charge is 0.235 e. The summed E-state index contributed by atoms with van der Waals surface area (Å²) in [5.74, 6) is 0.0647. The van der Waals surface area contributed by atoms with Crippen molar-refractivity contribution in [2.24, 2.45) is 0 Å². The number of carbonyl (C=O) groups is 1. The lowest BCUT2D eigenvalue weighted by Crippen LogP contribution is -2.25. The third-order valence-corrected chi connectivity index (χ3v) is 4.96. The lowest BCUT2D eigenvalue weighted by Gasteiger charge is -2.17. The number of pyridine rings is 1. The van der Waals surface area contributed by atoms with E-state index < -0.39 is 0 Å². The average Bonchev–Trinajstić information content (AvgIpc) is 3.12. The number of rotatable bonds is 2. The van der Waals surface area contributed by atoms with E-state index in [0.29, 0.717) is 6.42 Å². The quantitative estimate of drug-likeness (QED) is 0.564. The van der Waals surface area contributed by atoms with Gasteiger partial charge in [0.05, 0.1) is 6.42 Å². The number of fused-ring (bicyclic) bond motifs is 2. The van der Waals surface area contributed by atoms with E-state index in [1.54, 1.807) is 4.90 Å². The van der Waals surface area contributed by atoms with Crippen LogP contribution in [0.3, 0.4) is 0 Å². The first kappa shape index (κ1) is 15.6. The summed E-state index contributed by atoms with van der Waals surface area (Å²) >= 11 is 0. The lowest BCUT2D eigenvalue weighted by molar-refractivity contribution is -0.117. The van der Waals surface area contributed by atoms with Crippen molar-refractivity contribution >= 4 is 28.7 Å². The minimum atomic E-state index is 0.0647. The van der Waals surface area contributed by atoms with Gasteiger partial charge >= 0.3 is 0 Å². The fourth-order valence-corrected chi connectivity index (χ4v) is 3.61. The van der Waals surface area contributed by atoms with Gasteiger partial charge in [-0.2, -0.15) is 0 Å². The van der Waals surface area contributed by atoms with Crippen molar-refractivity contribution in [3.8, 4) is 11.1 Å². The van der Waals surface area contributed by atoms with Crippen molar-refractivity contribution in [2.45, 2.75) is 6.42 Å². The van der Waals surface area contributed by atoms with Crippen LogP contribution in [0.25, 0.3) is 28.2 Å². The molecule has 27 heavy (non-hydrogen) atoms. The number of hydrogen-bond acceptors (Lipinski definition) is 2. The molecular formula is C23H17N3O. The van der Waals surface area contributed by atoms with Gasteiger partial charge in [-0.05, 0) is 52.6 Å². The topological polar surface area (TPSA) is 49.0 Å². The maximum Gasteiger partial charge on any atom is 0.235 e. The first-order valence-electron chi connectivity index (χ1n) is 8.90. The highest BCUT2D eigenvalue weighted by Crippen LogP contribution is 2.30. The molecule has 0 bridgehead atoms. The molecule has 0 atom stereocenters. The van der Waals surface area contributed by atoms with Crippen molar-refractivity contribution in [3.63, 3.8) is 0 Å². The third-order valence-electron chi connectivity index (χ3n) is 4.96. The molecule has 130 valence electrons. The highest BCUT2D eigenvalue weighted by Gasteiger charge is 2.19. The number of benzene rings is 2. The van der Waals surface area contributed by atoms with E-state index in [9.17, 15) is 4.79 Å². The molecule has 0 radical (unpaired) electrons. The number of amides is 1. The summed E-state index contributed by atoms with van der Waals surface area (Å²) in [7, 11) is 0. The molecular weight excluding hydrogens is 334 g/mol. The Morgan fingerprint density at radius 3 is 2.78 bits per heavy atom. The summed E-state index contributed by atoms with van der Waals surface area (Å²) in [6.07, 6.45) is 7.94. The molecule has 2 aromatic carbocycles. The van der Waals surface area contributed by atoms with E-state index in [2.05, 4.69) is 28.2 Å². The van der Waals surface area contributed by atoms with Crippen LogP contribution in [-0.4, -0.2) is 15.9 Å². The van der Waals surface area contributed by atoms with Crippen LogP contribution >= 0.6 is 0 Å². The van der Waals surface area contributed by atoms with Crippen molar-refractivity contribution < 1.29 is 4.79 Å². The zero-order valence-electron chi connectivity index (χ0n) is 14.6. The molecule has 0 saturated heterocycles. The molecule has 4 heteroatoms. The molecule has 1 amide bonds. The van der Waals surface area contributed by atoms with Gasteiger partial charge in [0.1, 0.15) is 5.65 Å². The molecule has 2 aromatic heterocycles. The molecule has 0 spiro atoms. The molecule has 4 aromatic rings. The first-order valence-corrected chi connectivity index (χ1v) is 8.90. The third kappa shape index (κ3) is 2.72. The van der Waals surface area contributed by atoms with Gasteiger partial charge in [0.15, 0.2) is 0 Å². The number of H-pyrrole nitrogens is 1. The zero-order chi connectivity index (χ0) is 18.2. The number of carbonyl (C=O) groups excluding carboxylic acids is 1. The Kier molecular flexibility index (Phi) is 3.61. The van der Waals surface area contributed by atoms with E-state index in [4.69, 9.17) is 0 Å². The monoisotopic (exact) mass is 351 g/mol. The van der Waals surface area contributed by atoms with Crippen LogP contribution in [0.5, 0.6) is 0 Å². The van der Waals surface area contributed by atoms with Crippen LogP contribution in [0.2, 0.25) is 0 Å². The van der Waals surface area contributed by atoms with Gasteiger partial charge < -0.3 is 4.98 Å². The number of aromatic nitrogens is 2. The zero-order valence-corrected chi connectivity index (χ0v) is 14.6. The summed E-state index contributed by atoms with van der Waals surface area (Å²) in [6, 6.07) is 20.1. The Bertz CT molecular complexity index is 1170. The summed E-state index contributed by atoms with van der Waals surface area (Å²) in [6.45, 7) is 0. The molecule has 1 aliphatic rings. The first-order chi connectivity index (χ1) is 13.3. The summed E-state index contributed by atoms with van der Waals surface area (Å²) in [5, 5.41) is 1.08. The second-order valence-electron chi connectivity index (χ2n) is 6.60. The van der Waals surface area contributed by atoms with E-state index in [-0.39, 0.29) is 5.91 Å². The summed E-state index contributed by atoms with van der Waals surface area (Å²) < 4.78 is 0. The summed E-state index contributed by atoms with van der Waals surface area (Å²) in [4.78, 5) is 22.1.